The van der Waals surface area contributed by atoms with Gasteiger partial charge in [-0.15, -0.1) is 24.0 Å². The predicted octanol–water partition coefficient (Wildman–Crippen LogP) is 3.28. The number of aliphatic imine (C=N–C) groups is 1. The van der Waals surface area contributed by atoms with Crippen LogP contribution in [0.4, 0.5) is 0 Å². The summed E-state index contributed by atoms with van der Waals surface area (Å²) in [5.41, 5.74) is 1.95. The molecule has 0 unspecified atom stereocenters. The van der Waals surface area contributed by atoms with Crippen molar-refractivity contribution in [3.63, 3.8) is 0 Å². The minimum absolute atomic E-state index is 0. The van der Waals surface area contributed by atoms with Crippen molar-refractivity contribution >= 4 is 29.9 Å². The molecule has 2 aromatic carbocycles. The molecule has 0 saturated heterocycles. The van der Waals surface area contributed by atoms with Crippen molar-refractivity contribution in [1.29, 1.82) is 0 Å². The zero-order valence-electron chi connectivity index (χ0n) is 15.3. The summed E-state index contributed by atoms with van der Waals surface area (Å²) in [5.74, 6) is 2.10. The molecule has 0 aliphatic carbocycles. The molecular formula is C19H26IN3O3. The van der Waals surface area contributed by atoms with Crippen molar-refractivity contribution in [2.75, 3.05) is 20.8 Å². The zero-order chi connectivity index (χ0) is 18.1. The molecule has 26 heavy (non-hydrogen) atoms. The maximum Gasteiger partial charge on any atom is 0.191 e. The van der Waals surface area contributed by atoms with Crippen LogP contribution in [0.1, 0.15) is 18.1 Å². The molecule has 0 aromatic heterocycles. The van der Waals surface area contributed by atoms with E-state index in [4.69, 9.17) is 9.47 Å². The Kier molecular flexibility index (Phi) is 9.64. The Labute approximate surface area is 171 Å². The highest BCUT2D eigenvalue weighted by atomic mass is 127. The lowest BCUT2D eigenvalue weighted by Gasteiger charge is -2.13. The summed E-state index contributed by atoms with van der Waals surface area (Å²) < 4.78 is 10.4. The molecule has 0 heterocycles. The number of methoxy groups -OCH3 is 2. The van der Waals surface area contributed by atoms with Gasteiger partial charge in [-0.3, -0.25) is 0 Å². The van der Waals surface area contributed by atoms with E-state index in [2.05, 4.69) is 15.6 Å². The number of phenolic OH excluding ortho intramolecular Hbond substituents is 1. The smallest absolute Gasteiger partial charge is 0.191 e. The number of hydrogen-bond acceptors (Lipinski definition) is 4. The third-order valence-corrected chi connectivity index (χ3v) is 3.65. The number of phenols is 1. The van der Waals surface area contributed by atoms with E-state index >= 15 is 0 Å². The molecule has 0 saturated carbocycles. The van der Waals surface area contributed by atoms with Gasteiger partial charge in [0.05, 0.1) is 20.8 Å². The van der Waals surface area contributed by atoms with Gasteiger partial charge in [-0.05, 0) is 30.7 Å². The molecule has 0 aliphatic heterocycles. The number of hydrogen-bond donors (Lipinski definition) is 3. The summed E-state index contributed by atoms with van der Waals surface area (Å²) >= 11 is 0. The van der Waals surface area contributed by atoms with Crippen LogP contribution in [-0.4, -0.2) is 31.8 Å². The Morgan fingerprint density at radius 2 is 1.77 bits per heavy atom. The topological polar surface area (TPSA) is 75.1 Å². The fourth-order valence-corrected chi connectivity index (χ4v) is 2.37. The summed E-state index contributed by atoms with van der Waals surface area (Å²) in [6.07, 6.45) is 0. The number of benzene rings is 2. The van der Waals surface area contributed by atoms with Crippen LogP contribution in [-0.2, 0) is 13.1 Å². The van der Waals surface area contributed by atoms with Crippen LogP contribution in [0.2, 0.25) is 0 Å². The number of nitrogens with zero attached hydrogens (tertiary/aromatic N) is 1. The lowest BCUT2D eigenvalue weighted by molar-refractivity contribution is 0.373. The van der Waals surface area contributed by atoms with Gasteiger partial charge in [0, 0.05) is 18.7 Å². The average molecular weight is 471 g/mol. The quantitative estimate of drug-likeness (QED) is 0.329. The predicted molar refractivity (Wildman–Crippen MR) is 115 cm³/mol. The second-order valence-corrected chi connectivity index (χ2v) is 5.37. The second kappa shape index (κ2) is 11.5. The van der Waals surface area contributed by atoms with E-state index in [0.717, 1.165) is 23.4 Å². The molecule has 6 nitrogen and oxygen atoms in total. The standard InChI is InChI=1S/C19H25N3O3.HI/c1-4-20-19(22-13-15-7-5-6-8-17(15)24-2)21-12-14-9-10-18(25-3)16(23)11-14;/h5-11,23H,4,12-13H2,1-3H3,(H2,20,21,22);1H. The Hall–Kier alpha value is -2.16. The molecule has 3 N–H and O–H groups in total. The van der Waals surface area contributed by atoms with Crippen molar-refractivity contribution < 1.29 is 14.6 Å². The maximum absolute atomic E-state index is 9.85. The number of guanidine groups is 1. The van der Waals surface area contributed by atoms with E-state index in [9.17, 15) is 5.11 Å². The molecule has 0 atom stereocenters. The van der Waals surface area contributed by atoms with Gasteiger partial charge < -0.3 is 25.2 Å². The molecule has 0 fully saturated rings. The van der Waals surface area contributed by atoms with Crippen LogP contribution in [0, 0.1) is 0 Å². The number of halogens is 1. The summed E-state index contributed by atoms with van der Waals surface area (Å²) in [4.78, 5) is 4.55. The number of aromatic hydroxyl groups is 1. The van der Waals surface area contributed by atoms with Gasteiger partial charge in [0.25, 0.3) is 0 Å². The highest BCUT2D eigenvalue weighted by Gasteiger charge is 2.05. The van der Waals surface area contributed by atoms with Crippen LogP contribution in [0.3, 0.4) is 0 Å². The zero-order valence-corrected chi connectivity index (χ0v) is 17.6. The first kappa shape index (κ1) is 21.9. The fraction of sp³-hybridized carbons (Fsp3) is 0.316. The van der Waals surface area contributed by atoms with Crippen molar-refractivity contribution in [3.05, 3.63) is 53.6 Å². The average Bonchev–Trinajstić information content (AvgIpc) is 2.64. The number of ether oxygens (including phenoxy) is 2. The van der Waals surface area contributed by atoms with E-state index < -0.39 is 0 Å². The fourth-order valence-electron chi connectivity index (χ4n) is 2.37. The van der Waals surface area contributed by atoms with Gasteiger partial charge in [0.2, 0.25) is 0 Å². The first-order valence-corrected chi connectivity index (χ1v) is 8.17. The lowest BCUT2D eigenvalue weighted by Crippen LogP contribution is -2.36. The molecule has 0 spiro atoms. The third kappa shape index (κ3) is 6.29. The first-order chi connectivity index (χ1) is 12.2. The summed E-state index contributed by atoms with van der Waals surface area (Å²) in [6, 6.07) is 13.1. The molecule has 2 rings (SSSR count). The van der Waals surface area contributed by atoms with Crippen LogP contribution in [0.25, 0.3) is 0 Å². The number of rotatable bonds is 7. The molecule has 0 aliphatic rings. The number of nitrogens with one attached hydrogen (secondary N) is 2. The lowest BCUT2D eigenvalue weighted by atomic mass is 10.2. The van der Waals surface area contributed by atoms with Crippen LogP contribution < -0.4 is 20.1 Å². The van der Waals surface area contributed by atoms with Gasteiger partial charge in [-0.25, -0.2) is 4.99 Å². The van der Waals surface area contributed by atoms with Crippen LogP contribution >= 0.6 is 24.0 Å². The van der Waals surface area contributed by atoms with Gasteiger partial charge >= 0.3 is 0 Å². The van der Waals surface area contributed by atoms with E-state index in [1.54, 1.807) is 19.2 Å². The SMILES string of the molecule is CCNC(=NCc1ccc(OC)c(O)c1)NCc1ccccc1OC.I. The van der Waals surface area contributed by atoms with E-state index in [1.807, 2.05) is 37.3 Å². The first-order valence-electron chi connectivity index (χ1n) is 8.17. The monoisotopic (exact) mass is 471 g/mol. The maximum atomic E-state index is 9.85. The summed E-state index contributed by atoms with van der Waals surface area (Å²) in [6.45, 7) is 3.81. The minimum Gasteiger partial charge on any atom is -0.504 e. The van der Waals surface area contributed by atoms with Gasteiger partial charge in [0.15, 0.2) is 17.5 Å². The van der Waals surface area contributed by atoms with Gasteiger partial charge in [-0.1, -0.05) is 24.3 Å². The van der Waals surface area contributed by atoms with E-state index in [-0.39, 0.29) is 29.7 Å². The van der Waals surface area contributed by atoms with Crippen LogP contribution in [0.15, 0.2) is 47.5 Å². The summed E-state index contributed by atoms with van der Waals surface area (Å²) in [7, 11) is 3.19. The van der Waals surface area contributed by atoms with Crippen molar-refractivity contribution in [3.8, 4) is 17.2 Å². The van der Waals surface area contributed by atoms with E-state index in [1.165, 1.54) is 7.11 Å². The third-order valence-electron chi connectivity index (χ3n) is 3.65. The van der Waals surface area contributed by atoms with Crippen molar-refractivity contribution in [2.24, 2.45) is 4.99 Å². The molecular weight excluding hydrogens is 445 g/mol. The molecule has 0 bridgehead atoms. The Bertz CT molecular complexity index is 723. The minimum atomic E-state index is 0. The van der Waals surface area contributed by atoms with Crippen molar-refractivity contribution in [2.45, 2.75) is 20.0 Å². The molecule has 7 heteroatoms. The molecule has 142 valence electrons. The molecule has 0 amide bonds. The Morgan fingerprint density at radius 3 is 2.42 bits per heavy atom. The highest BCUT2D eigenvalue weighted by Crippen LogP contribution is 2.26. The summed E-state index contributed by atoms with van der Waals surface area (Å²) in [5, 5.41) is 16.4. The number of para-hydroxylation sites is 1. The van der Waals surface area contributed by atoms with Gasteiger partial charge in [-0.2, -0.15) is 0 Å². The second-order valence-electron chi connectivity index (χ2n) is 5.37. The molecule has 0 radical (unpaired) electrons. The Morgan fingerprint density at radius 1 is 1.04 bits per heavy atom. The van der Waals surface area contributed by atoms with Crippen molar-refractivity contribution in [1.82, 2.24) is 10.6 Å². The van der Waals surface area contributed by atoms with E-state index in [0.29, 0.717) is 24.8 Å². The van der Waals surface area contributed by atoms with Crippen LogP contribution in [0.5, 0.6) is 17.2 Å². The highest BCUT2D eigenvalue weighted by molar-refractivity contribution is 14.0. The Balaban J connectivity index is 0.00000338. The normalized spacial score (nSPS) is 10.7. The van der Waals surface area contributed by atoms with Gasteiger partial charge in [0.1, 0.15) is 5.75 Å². The largest absolute Gasteiger partial charge is 0.504 e. The molecule has 2 aromatic rings.